The SMILES string of the molecule is CCC1/C(=N/O[C@@H]2CCNC2)CC[C@@]2(C)C1C(=O)C[C@@H]1[C@H]2CC[C@]2(C)C(=O)CC[C@@H]12.Cl. The number of nitrogens with zero attached hydrogens (tertiary/aromatic N) is 1. The Morgan fingerprint density at radius 1 is 1.10 bits per heavy atom. The molecule has 0 amide bonds. The van der Waals surface area contributed by atoms with Gasteiger partial charge in [0.1, 0.15) is 17.7 Å². The molecule has 0 aromatic heterocycles. The number of ketones is 2. The van der Waals surface area contributed by atoms with Gasteiger partial charge in [0.15, 0.2) is 0 Å². The van der Waals surface area contributed by atoms with Crippen molar-refractivity contribution in [3.63, 3.8) is 0 Å². The van der Waals surface area contributed by atoms with E-state index in [0.717, 1.165) is 70.2 Å². The highest BCUT2D eigenvalue weighted by atomic mass is 35.5. The number of carbonyl (C=O) groups excluding carboxylic acids is 2. The van der Waals surface area contributed by atoms with Gasteiger partial charge in [-0.1, -0.05) is 25.9 Å². The molecular formula is C25H39ClN2O3. The Morgan fingerprint density at radius 2 is 1.90 bits per heavy atom. The summed E-state index contributed by atoms with van der Waals surface area (Å²) in [5, 5.41) is 7.96. The second-order valence-electron chi connectivity index (χ2n) is 11.3. The van der Waals surface area contributed by atoms with Crippen molar-refractivity contribution < 1.29 is 14.4 Å². The molecule has 5 rings (SSSR count). The molecular weight excluding hydrogens is 412 g/mol. The molecule has 1 saturated heterocycles. The summed E-state index contributed by atoms with van der Waals surface area (Å²) in [6.45, 7) is 8.66. The number of oxime groups is 1. The monoisotopic (exact) mass is 450 g/mol. The molecule has 0 spiro atoms. The fourth-order valence-corrected chi connectivity index (χ4v) is 8.36. The Hall–Kier alpha value is -0.940. The third kappa shape index (κ3) is 3.49. The van der Waals surface area contributed by atoms with E-state index in [1.54, 1.807) is 0 Å². The van der Waals surface area contributed by atoms with Gasteiger partial charge in [-0.2, -0.15) is 0 Å². The van der Waals surface area contributed by atoms with E-state index < -0.39 is 0 Å². The summed E-state index contributed by atoms with van der Waals surface area (Å²) in [6.07, 6.45) is 8.64. The number of nitrogens with one attached hydrogen (secondary N) is 1. The third-order valence-corrected chi connectivity index (χ3v) is 10.0. The summed E-state index contributed by atoms with van der Waals surface area (Å²) >= 11 is 0. The normalized spacial score (nSPS) is 48.0. The van der Waals surface area contributed by atoms with Crippen molar-refractivity contribution >= 4 is 29.7 Å². The lowest BCUT2D eigenvalue weighted by atomic mass is 9.43. The van der Waals surface area contributed by atoms with Crippen molar-refractivity contribution in [2.75, 3.05) is 13.1 Å². The lowest BCUT2D eigenvalue weighted by Crippen LogP contribution is -2.59. The minimum Gasteiger partial charge on any atom is -0.391 e. The van der Waals surface area contributed by atoms with Crippen LogP contribution in [0.1, 0.15) is 78.6 Å². The molecule has 1 aliphatic heterocycles. The van der Waals surface area contributed by atoms with E-state index in [1.165, 1.54) is 0 Å². The Morgan fingerprint density at radius 3 is 2.61 bits per heavy atom. The molecule has 6 heteroatoms. The van der Waals surface area contributed by atoms with E-state index in [0.29, 0.717) is 35.7 Å². The first-order valence-electron chi connectivity index (χ1n) is 12.4. The molecule has 8 atom stereocenters. The summed E-state index contributed by atoms with van der Waals surface area (Å²) in [4.78, 5) is 32.2. The van der Waals surface area contributed by atoms with E-state index in [1.807, 2.05) is 0 Å². The molecule has 31 heavy (non-hydrogen) atoms. The zero-order valence-corrected chi connectivity index (χ0v) is 20.1. The molecule has 1 N–H and O–H groups in total. The molecule has 0 radical (unpaired) electrons. The third-order valence-electron chi connectivity index (χ3n) is 10.0. The smallest absolute Gasteiger partial charge is 0.141 e. The second kappa shape index (κ2) is 8.44. The molecule has 0 bridgehead atoms. The minimum absolute atomic E-state index is 0. The van der Waals surface area contributed by atoms with Crippen molar-refractivity contribution in [1.82, 2.24) is 5.32 Å². The van der Waals surface area contributed by atoms with Crippen LogP contribution in [0.5, 0.6) is 0 Å². The van der Waals surface area contributed by atoms with Crippen LogP contribution in [0.2, 0.25) is 0 Å². The molecule has 5 fully saturated rings. The van der Waals surface area contributed by atoms with Gasteiger partial charge in [0.05, 0.1) is 5.71 Å². The van der Waals surface area contributed by atoms with Gasteiger partial charge in [0.25, 0.3) is 0 Å². The highest BCUT2D eigenvalue weighted by Crippen LogP contribution is 2.65. The molecule has 5 aliphatic rings. The van der Waals surface area contributed by atoms with Crippen LogP contribution >= 0.6 is 12.4 Å². The first-order valence-corrected chi connectivity index (χ1v) is 12.4. The van der Waals surface area contributed by atoms with Gasteiger partial charge in [0.2, 0.25) is 0 Å². The number of carbonyl (C=O) groups is 2. The molecule has 0 aromatic rings. The van der Waals surface area contributed by atoms with Gasteiger partial charge in [-0.15, -0.1) is 12.4 Å². The first kappa shape index (κ1) is 23.2. The molecule has 1 heterocycles. The van der Waals surface area contributed by atoms with E-state index in [9.17, 15) is 9.59 Å². The van der Waals surface area contributed by atoms with Crippen molar-refractivity contribution in [1.29, 1.82) is 0 Å². The van der Waals surface area contributed by atoms with Crippen LogP contribution in [0.4, 0.5) is 0 Å². The molecule has 4 saturated carbocycles. The van der Waals surface area contributed by atoms with Crippen molar-refractivity contribution in [2.24, 2.45) is 45.6 Å². The van der Waals surface area contributed by atoms with Gasteiger partial charge in [-0.25, -0.2) is 0 Å². The van der Waals surface area contributed by atoms with Crippen LogP contribution in [-0.4, -0.2) is 36.5 Å². The topological polar surface area (TPSA) is 67.8 Å². The average Bonchev–Trinajstić information content (AvgIpc) is 3.34. The maximum atomic E-state index is 13.6. The number of Topliss-reactive ketones (excluding diaryl/α,β-unsaturated/α-hetero) is 2. The van der Waals surface area contributed by atoms with Gasteiger partial charge in [0, 0.05) is 43.1 Å². The summed E-state index contributed by atoms with van der Waals surface area (Å²) in [5.74, 6) is 2.56. The van der Waals surface area contributed by atoms with Crippen LogP contribution in [0.15, 0.2) is 5.16 Å². The number of halogens is 1. The molecule has 174 valence electrons. The van der Waals surface area contributed by atoms with Crippen LogP contribution in [0, 0.1) is 40.4 Å². The number of hydrogen-bond donors (Lipinski definition) is 1. The maximum absolute atomic E-state index is 13.6. The van der Waals surface area contributed by atoms with E-state index in [-0.39, 0.29) is 41.2 Å². The van der Waals surface area contributed by atoms with Gasteiger partial charge < -0.3 is 10.2 Å². The zero-order chi connectivity index (χ0) is 21.1. The Kier molecular flexibility index (Phi) is 6.33. The van der Waals surface area contributed by atoms with E-state index >= 15 is 0 Å². The predicted molar refractivity (Wildman–Crippen MR) is 123 cm³/mol. The summed E-state index contributed by atoms with van der Waals surface area (Å²) in [7, 11) is 0. The highest BCUT2D eigenvalue weighted by molar-refractivity contribution is 5.95. The molecule has 0 aromatic carbocycles. The highest BCUT2D eigenvalue weighted by Gasteiger charge is 2.63. The van der Waals surface area contributed by atoms with Crippen molar-refractivity contribution in [3.05, 3.63) is 0 Å². The quantitative estimate of drug-likeness (QED) is 0.639. The Labute approximate surface area is 192 Å². The van der Waals surface area contributed by atoms with Gasteiger partial charge >= 0.3 is 0 Å². The van der Waals surface area contributed by atoms with E-state index in [4.69, 9.17) is 4.84 Å². The van der Waals surface area contributed by atoms with Crippen LogP contribution in [-0.2, 0) is 14.4 Å². The average molecular weight is 451 g/mol. The maximum Gasteiger partial charge on any atom is 0.141 e. The van der Waals surface area contributed by atoms with Crippen molar-refractivity contribution in [2.45, 2.75) is 84.7 Å². The fourth-order valence-electron chi connectivity index (χ4n) is 8.36. The minimum atomic E-state index is -0.167. The van der Waals surface area contributed by atoms with Crippen LogP contribution in [0.3, 0.4) is 0 Å². The first-order chi connectivity index (χ1) is 14.4. The van der Waals surface area contributed by atoms with Gasteiger partial charge in [-0.3, -0.25) is 9.59 Å². The van der Waals surface area contributed by atoms with Gasteiger partial charge in [-0.05, 0) is 68.2 Å². The number of fused-ring (bicyclic) bond motifs is 5. The van der Waals surface area contributed by atoms with E-state index in [2.05, 4.69) is 31.2 Å². The Balaban J connectivity index is 0.00000231. The zero-order valence-electron chi connectivity index (χ0n) is 19.3. The van der Waals surface area contributed by atoms with Crippen LogP contribution in [0.25, 0.3) is 0 Å². The molecule has 2 unspecified atom stereocenters. The predicted octanol–water partition coefficient (Wildman–Crippen LogP) is 4.57. The lowest BCUT2D eigenvalue weighted by molar-refractivity contribution is -0.156. The molecule has 4 aliphatic carbocycles. The Bertz CT molecular complexity index is 764. The van der Waals surface area contributed by atoms with Crippen LogP contribution < -0.4 is 5.32 Å². The largest absolute Gasteiger partial charge is 0.391 e. The number of hydrogen-bond acceptors (Lipinski definition) is 5. The number of rotatable bonds is 3. The summed E-state index contributed by atoms with van der Waals surface area (Å²) in [6, 6.07) is 0. The summed E-state index contributed by atoms with van der Waals surface area (Å²) < 4.78 is 0. The fraction of sp³-hybridized carbons (Fsp3) is 0.880. The molecule has 5 nitrogen and oxygen atoms in total. The standard InChI is InChI=1S/C25H38N2O3.ClH/c1-4-16-20(27-30-15-9-12-26-14-15)8-11-25(3)19-7-10-24(2)18(5-6-22(24)29)17(19)13-21(28)23(16)25;/h15-19,23,26H,4-14H2,1-3H3;1H/b27-20+;/t15-,16?,17+,18+,19-,23?,24+,25-;/m1./s1. The second-order valence-corrected chi connectivity index (χ2v) is 11.3. The van der Waals surface area contributed by atoms with Crippen molar-refractivity contribution in [3.8, 4) is 0 Å². The lowest BCUT2D eigenvalue weighted by Gasteiger charge is -2.60. The summed E-state index contributed by atoms with van der Waals surface area (Å²) in [5.41, 5.74) is 0.997.